The Morgan fingerprint density at radius 3 is 2.68 bits per heavy atom. The molecule has 0 amide bonds. The lowest BCUT2D eigenvalue weighted by Gasteiger charge is -2.29. The van der Waals surface area contributed by atoms with Crippen LogP contribution in [0.4, 0.5) is 5.69 Å². The molecule has 1 aliphatic rings. The van der Waals surface area contributed by atoms with Crippen molar-refractivity contribution < 1.29 is 14.5 Å². The van der Waals surface area contributed by atoms with E-state index < -0.39 is 16.9 Å². The molecule has 0 radical (unpaired) electrons. The highest BCUT2D eigenvalue weighted by Crippen LogP contribution is 2.30. The number of nitro benzene ring substituents is 1. The van der Waals surface area contributed by atoms with Gasteiger partial charge in [0.2, 0.25) is 0 Å². The van der Waals surface area contributed by atoms with Gasteiger partial charge in [-0.2, -0.15) is 0 Å². The average Bonchev–Trinajstić information content (AvgIpc) is 2.46. The van der Waals surface area contributed by atoms with Gasteiger partial charge in [0, 0.05) is 17.3 Å². The first-order chi connectivity index (χ1) is 10.3. The number of methoxy groups -OCH3 is 1. The summed E-state index contributed by atoms with van der Waals surface area (Å²) in [6.45, 7) is 3.36. The first-order valence-electron chi connectivity index (χ1n) is 6.46. The standard InChI is InChI=1S/C14H15N3O4S/c1-7-4-5-9(6-10(7)17(19)20)12-11(13(18)21-3)8(2)15-14(22)16-12/h4-6,12H,1-3H3,(H2,15,16,22)/t12-/m1/s1. The maximum atomic E-state index is 12.0. The summed E-state index contributed by atoms with van der Waals surface area (Å²) in [5.41, 5.74) is 2.01. The molecule has 0 aromatic heterocycles. The van der Waals surface area contributed by atoms with Crippen molar-refractivity contribution in [1.82, 2.24) is 10.6 Å². The molecule has 1 atom stereocenters. The summed E-state index contributed by atoms with van der Waals surface area (Å²) in [4.78, 5) is 22.7. The van der Waals surface area contributed by atoms with Crippen LogP contribution < -0.4 is 10.6 Å². The van der Waals surface area contributed by atoms with Gasteiger partial charge in [0.05, 0.1) is 23.6 Å². The summed E-state index contributed by atoms with van der Waals surface area (Å²) < 4.78 is 4.79. The molecule has 1 aliphatic heterocycles. The Labute approximate surface area is 132 Å². The van der Waals surface area contributed by atoms with Crippen molar-refractivity contribution in [2.45, 2.75) is 19.9 Å². The van der Waals surface area contributed by atoms with Crippen molar-refractivity contribution >= 4 is 29.0 Å². The molecule has 0 fully saturated rings. The van der Waals surface area contributed by atoms with Gasteiger partial charge >= 0.3 is 5.97 Å². The van der Waals surface area contributed by atoms with Crippen LogP contribution in [0.15, 0.2) is 29.5 Å². The number of ether oxygens (including phenoxy) is 1. The van der Waals surface area contributed by atoms with Gasteiger partial charge in [-0.3, -0.25) is 10.1 Å². The molecule has 0 saturated carbocycles. The van der Waals surface area contributed by atoms with E-state index >= 15 is 0 Å². The third-order valence-corrected chi connectivity index (χ3v) is 3.66. The minimum Gasteiger partial charge on any atom is -0.466 e. The Hall–Kier alpha value is -2.48. The number of aryl methyl sites for hydroxylation is 1. The van der Waals surface area contributed by atoms with Crippen molar-refractivity contribution in [2.75, 3.05) is 7.11 Å². The predicted octanol–water partition coefficient (Wildman–Crippen LogP) is 1.87. The van der Waals surface area contributed by atoms with Gasteiger partial charge in [-0.1, -0.05) is 12.1 Å². The molecular weight excluding hydrogens is 306 g/mol. The maximum absolute atomic E-state index is 12.0. The van der Waals surface area contributed by atoms with Crippen LogP contribution in [0.5, 0.6) is 0 Å². The lowest BCUT2D eigenvalue weighted by Crippen LogP contribution is -2.45. The molecule has 7 nitrogen and oxygen atoms in total. The number of nitrogens with zero attached hydrogens (tertiary/aromatic N) is 1. The Balaban J connectivity index is 2.55. The maximum Gasteiger partial charge on any atom is 0.337 e. The highest BCUT2D eigenvalue weighted by atomic mass is 32.1. The third-order valence-electron chi connectivity index (χ3n) is 3.44. The van der Waals surface area contributed by atoms with Crippen molar-refractivity contribution in [1.29, 1.82) is 0 Å². The fraction of sp³-hybridized carbons (Fsp3) is 0.286. The van der Waals surface area contributed by atoms with E-state index in [1.807, 2.05) is 0 Å². The van der Waals surface area contributed by atoms with Gasteiger partial charge in [0.1, 0.15) is 0 Å². The summed E-state index contributed by atoms with van der Waals surface area (Å²) in [7, 11) is 1.28. The average molecular weight is 321 g/mol. The first-order valence-corrected chi connectivity index (χ1v) is 6.87. The lowest BCUT2D eigenvalue weighted by molar-refractivity contribution is -0.385. The molecule has 1 aromatic carbocycles. The van der Waals surface area contributed by atoms with Gasteiger partial charge in [-0.15, -0.1) is 0 Å². The van der Waals surface area contributed by atoms with Crippen LogP contribution in [-0.4, -0.2) is 23.1 Å². The second-order valence-corrected chi connectivity index (χ2v) is 5.27. The molecule has 0 bridgehead atoms. The highest BCUT2D eigenvalue weighted by Gasteiger charge is 2.31. The van der Waals surface area contributed by atoms with Crippen LogP contribution >= 0.6 is 12.2 Å². The Bertz CT molecular complexity index is 699. The summed E-state index contributed by atoms with van der Waals surface area (Å²) in [5, 5.41) is 17.3. The summed E-state index contributed by atoms with van der Waals surface area (Å²) in [5.74, 6) is -0.520. The number of allylic oxidation sites excluding steroid dienone is 1. The second-order valence-electron chi connectivity index (χ2n) is 4.86. The van der Waals surface area contributed by atoms with Crippen LogP contribution in [0.1, 0.15) is 24.1 Å². The van der Waals surface area contributed by atoms with Crippen LogP contribution in [0.25, 0.3) is 0 Å². The monoisotopic (exact) mass is 321 g/mol. The topological polar surface area (TPSA) is 93.5 Å². The number of nitro groups is 1. The highest BCUT2D eigenvalue weighted by molar-refractivity contribution is 7.80. The molecule has 1 heterocycles. The van der Waals surface area contributed by atoms with Crippen LogP contribution in [0, 0.1) is 17.0 Å². The van der Waals surface area contributed by atoms with E-state index in [1.165, 1.54) is 13.2 Å². The van der Waals surface area contributed by atoms with Crippen LogP contribution in [-0.2, 0) is 9.53 Å². The molecule has 2 N–H and O–H groups in total. The Morgan fingerprint density at radius 2 is 2.09 bits per heavy atom. The quantitative estimate of drug-likeness (QED) is 0.380. The Kier molecular flexibility index (Phi) is 4.41. The van der Waals surface area contributed by atoms with Gasteiger partial charge in [-0.05, 0) is 31.6 Å². The van der Waals surface area contributed by atoms with E-state index in [1.54, 1.807) is 26.0 Å². The van der Waals surface area contributed by atoms with Crippen molar-refractivity contribution in [3.05, 3.63) is 50.7 Å². The van der Waals surface area contributed by atoms with Gasteiger partial charge < -0.3 is 15.4 Å². The zero-order valence-corrected chi connectivity index (χ0v) is 13.1. The number of hydrogen-bond acceptors (Lipinski definition) is 5. The molecule has 22 heavy (non-hydrogen) atoms. The normalized spacial score (nSPS) is 17.6. The van der Waals surface area contributed by atoms with Gasteiger partial charge in [-0.25, -0.2) is 4.79 Å². The predicted molar refractivity (Wildman–Crippen MR) is 84.2 cm³/mol. The van der Waals surface area contributed by atoms with Crippen LogP contribution in [0.3, 0.4) is 0 Å². The molecule has 8 heteroatoms. The van der Waals surface area contributed by atoms with E-state index in [2.05, 4.69) is 10.6 Å². The Morgan fingerprint density at radius 1 is 1.41 bits per heavy atom. The fourth-order valence-corrected chi connectivity index (χ4v) is 2.60. The molecule has 1 aromatic rings. The SMILES string of the molecule is COC(=O)C1=C(C)NC(=S)N[C@@H]1c1ccc(C)c([N+](=O)[O-])c1. The van der Waals surface area contributed by atoms with E-state index in [0.29, 0.717) is 27.5 Å². The number of thiocarbonyl (C=S) groups is 1. The van der Waals surface area contributed by atoms with Gasteiger partial charge in [0.25, 0.3) is 5.69 Å². The number of carbonyl (C=O) groups is 1. The molecule has 0 spiro atoms. The number of carbonyl (C=O) groups excluding carboxylic acids is 1. The largest absolute Gasteiger partial charge is 0.466 e. The second kappa shape index (κ2) is 6.10. The molecule has 0 aliphatic carbocycles. The fourth-order valence-electron chi connectivity index (χ4n) is 2.33. The number of rotatable bonds is 3. The summed E-state index contributed by atoms with van der Waals surface area (Å²) >= 11 is 5.10. The number of hydrogen-bond donors (Lipinski definition) is 2. The summed E-state index contributed by atoms with van der Waals surface area (Å²) in [6.07, 6.45) is 0. The zero-order chi connectivity index (χ0) is 16.4. The first kappa shape index (κ1) is 15.9. The third kappa shape index (κ3) is 2.91. The van der Waals surface area contributed by atoms with Crippen molar-refractivity contribution in [2.24, 2.45) is 0 Å². The number of benzene rings is 1. The van der Waals surface area contributed by atoms with Gasteiger partial charge in [0.15, 0.2) is 5.11 Å². The van der Waals surface area contributed by atoms with Crippen molar-refractivity contribution in [3.8, 4) is 0 Å². The van der Waals surface area contributed by atoms with E-state index in [-0.39, 0.29) is 5.69 Å². The van der Waals surface area contributed by atoms with E-state index in [4.69, 9.17) is 17.0 Å². The van der Waals surface area contributed by atoms with E-state index in [0.717, 1.165) is 0 Å². The molecular formula is C14H15N3O4S. The number of nitrogens with one attached hydrogen (secondary N) is 2. The minimum atomic E-state index is -0.597. The molecule has 2 rings (SSSR count). The van der Waals surface area contributed by atoms with E-state index in [9.17, 15) is 14.9 Å². The molecule has 0 saturated heterocycles. The minimum absolute atomic E-state index is 0.00869. The lowest BCUT2D eigenvalue weighted by atomic mass is 9.94. The smallest absolute Gasteiger partial charge is 0.337 e. The molecule has 116 valence electrons. The number of esters is 1. The van der Waals surface area contributed by atoms with Crippen LogP contribution in [0.2, 0.25) is 0 Å². The molecule has 0 unspecified atom stereocenters. The van der Waals surface area contributed by atoms with Crippen molar-refractivity contribution in [3.63, 3.8) is 0 Å². The zero-order valence-electron chi connectivity index (χ0n) is 12.3. The summed E-state index contributed by atoms with van der Waals surface area (Å²) in [6, 6.07) is 4.21.